The number of amides is 1. The fourth-order valence-electron chi connectivity index (χ4n) is 2.29. The highest BCUT2D eigenvalue weighted by molar-refractivity contribution is 7.10. The molecule has 0 bridgehead atoms. The van der Waals surface area contributed by atoms with Crippen LogP contribution in [0, 0.1) is 0 Å². The van der Waals surface area contributed by atoms with Gasteiger partial charge in [-0.2, -0.15) is 0 Å². The summed E-state index contributed by atoms with van der Waals surface area (Å²) in [6.45, 7) is 6.63. The molecule has 0 fully saturated rings. The number of nitrogens with two attached hydrogens (primary N) is 1. The predicted octanol–water partition coefficient (Wildman–Crippen LogP) is 2.71. The zero-order valence-corrected chi connectivity index (χ0v) is 14.3. The average molecular weight is 317 g/mol. The minimum Gasteiger partial charge on any atom is -0.346 e. The highest BCUT2D eigenvalue weighted by Gasteiger charge is 2.22. The van der Waals surface area contributed by atoms with Gasteiger partial charge in [0.1, 0.15) is 6.04 Å². The zero-order valence-electron chi connectivity index (χ0n) is 13.5. The molecule has 0 aliphatic heterocycles. The van der Waals surface area contributed by atoms with Crippen LogP contribution in [0.15, 0.2) is 47.8 Å². The van der Waals surface area contributed by atoms with E-state index in [1.165, 1.54) is 10.4 Å². The van der Waals surface area contributed by atoms with Crippen LogP contribution < -0.4 is 10.6 Å². The standard InChI is InChI=1S/C18H24N2OS/c1-4-18(2,3)20-16(21)13-19-17(15-11-8-12-22-15)14-9-6-5-7-10-14/h5-12,17,19H,4,13H2,1-3H3,(H,20,21)/p+1/t17-/m1/s1. The molecule has 0 saturated heterocycles. The zero-order chi connectivity index (χ0) is 16.0. The molecule has 3 nitrogen and oxygen atoms in total. The Morgan fingerprint density at radius 3 is 2.55 bits per heavy atom. The number of rotatable bonds is 7. The number of thiophene rings is 1. The molecule has 4 heteroatoms. The van der Waals surface area contributed by atoms with E-state index < -0.39 is 0 Å². The molecule has 0 spiro atoms. The third-order valence-corrected chi connectivity index (χ3v) is 4.86. The molecule has 3 N–H and O–H groups in total. The lowest BCUT2D eigenvalue weighted by Crippen LogP contribution is -2.88. The maximum absolute atomic E-state index is 12.2. The lowest BCUT2D eigenvalue weighted by molar-refractivity contribution is -0.676. The van der Waals surface area contributed by atoms with Crippen LogP contribution in [-0.2, 0) is 4.79 Å². The number of nitrogens with one attached hydrogen (secondary N) is 1. The third kappa shape index (κ3) is 4.68. The van der Waals surface area contributed by atoms with Gasteiger partial charge in [-0.25, -0.2) is 0 Å². The number of hydrogen-bond acceptors (Lipinski definition) is 2. The monoisotopic (exact) mass is 317 g/mol. The van der Waals surface area contributed by atoms with E-state index in [1.54, 1.807) is 11.3 Å². The Balaban J connectivity index is 2.04. The van der Waals surface area contributed by atoms with Crippen molar-refractivity contribution in [3.8, 4) is 0 Å². The van der Waals surface area contributed by atoms with Crippen LogP contribution in [0.1, 0.15) is 43.7 Å². The summed E-state index contributed by atoms with van der Waals surface area (Å²) in [6, 6.07) is 14.7. The van der Waals surface area contributed by atoms with Gasteiger partial charge in [-0.05, 0) is 31.7 Å². The second-order valence-corrected chi connectivity index (χ2v) is 7.11. The SMILES string of the molecule is CCC(C)(C)NC(=O)C[NH2+][C@H](c1ccccc1)c1cccs1. The Morgan fingerprint density at radius 2 is 1.95 bits per heavy atom. The van der Waals surface area contributed by atoms with Crippen LogP contribution in [0.5, 0.6) is 0 Å². The fourth-order valence-corrected chi connectivity index (χ4v) is 3.14. The second kappa shape index (κ2) is 7.56. The van der Waals surface area contributed by atoms with Gasteiger partial charge in [0.2, 0.25) is 0 Å². The Morgan fingerprint density at radius 1 is 1.23 bits per heavy atom. The van der Waals surface area contributed by atoms with Crippen molar-refractivity contribution in [2.45, 2.75) is 38.8 Å². The first-order valence-corrected chi connectivity index (χ1v) is 8.62. The molecular formula is C18H25N2OS+. The Bertz CT molecular complexity index is 578. The highest BCUT2D eigenvalue weighted by atomic mass is 32.1. The van der Waals surface area contributed by atoms with Crippen molar-refractivity contribution in [2.24, 2.45) is 0 Å². The molecule has 22 heavy (non-hydrogen) atoms. The van der Waals surface area contributed by atoms with Crippen LogP contribution >= 0.6 is 11.3 Å². The van der Waals surface area contributed by atoms with Crippen LogP contribution in [-0.4, -0.2) is 18.0 Å². The molecule has 1 atom stereocenters. The first kappa shape index (κ1) is 16.7. The quantitative estimate of drug-likeness (QED) is 0.810. The third-order valence-electron chi connectivity index (χ3n) is 3.91. The molecule has 1 aromatic carbocycles. The molecule has 1 amide bonds. The van der Waals surface area contributed by atoms with Crippen molar-refractivity contribution >= 4 is 17.2 Å². The Labute approximate surface area is 136 Å². The molecule has 1 heterocycles. The normalized spacial score (nSPS) is 12.9. The summed E-state index contributed by atoms with van der Waals surface area (Å²) >= 11 is 1.73. The number of benzene rings is 1. The average Bonchev–Trinajstić information content (AvgIpc) is 3.02. The molecule has 118 valence electrons. The van der Waals surface area contributed by atoms with Gasteiger partial charge in [-0.3, -0.25) is 4.79 Å². The van der Waals surface area contributed by atoms with Crippen molar-refractivity contribution in [3.63, 3.8) is 0 Å². The summed E-state index contributed by atoms with van der Waals surface area (Å²) in [5.74, 6) is 0.0873. The molecule has 1 aromatic heterocycles. The maximum atomic E-state index is 12.2. The van der Waals surface area contributed by atoms with Gasteiger partial charge in [-0.15, -0.1) is 11.3 Å². The Kier molecular flexibility index (Phi) is 5.75. The molecule has 2 rings (SSSR count). The first-order valence-electron chi connectivity index (χ1n) is 7.74. The maximum Gasteiger partial charge on any atom is 0.275 e. The van der Waals surface area contributed by atoms with Crippen molar-refractivity contribution in [1.29, 1.82) is 0 Å². The summed E-state index contributed by atoms with van der Waals surface area (Å²) in [5, 5.41) is 7.29. The summed E-state index contributed by atoms with van der Waals surface area (Å²) in [5.41, 5.74) is 1.09. The number of quaternary nitrogens is 1. The molecule has 0 radical (unpaired) electrons. The molecule has 0 saturated carbocycles. The first-order chi connectivity index (χ1) is 10.5. The molecule has 0 unspecified atom stereocenters. The van der Waals surface area contributed by atoms with Crippen LogP contribution in [0.4, 0.5) is 0 Å². The van der Waals surface area contributed by atoms with Crippen molar-refractivity contribution < 1.29 is 10.1 Å². The van der Waals surface area contributed by atoms with E-state index in [9.17, 15) is 4.79 Å². The topological polar surface area (TPSA) is 45.7 Å². The van der Waals surface area contributed by atoms with E-state index in [0.29, 0.717) is 6.54 Å². The lowest BCUT2D eigenvalue weighted by atomic mass is 10.0. The molecule has 0 aliphatic carbocycles. The van der Waals surface area contributed by atoms with E-state index in [0.717, 1.165) is 6.42 Å². The number of carbonyl (C=O) groups excluding carboxylic acids is 1. The highest BCUT2D eigenvalue weighted by Crippen LogP contribution is 2.22. The van der Waals surface area contributed by atoms with Crippen molar-refractivity contribution in [1.82, 2.24) is 5.32 Å². The van der Waals surface area contributed by atoms with E-state index in [4.69, 9.17) is 0 Å². The van der Waals surface area contributed by atoms with E-state index in [2.05, 4.69) is 61.1 Å². The molecule has 2 aromatic rings. The van der Waals surface area contributed by atoms with Gasteiger partial charge in [-0.1, -0.05) is 43.3 Å². The molecule has 0 aliphatic rings. The lowest BCUT2D eigenvalue weighted by Gasteiger charge is -2.24. The summed E-state index contributed by atoms with van der Waals surface area (Å²) in [6.07, 6.45) is 0.922. The van der Waals surface area contributed by atoms with E-state index in [1.807, 2.05) is 18.2 Å². The van der Waals surface area contributed by atoms with Gasteiger partial charge >= 0.3 is 0 Å². The number of hydrogen-bond donors (Lipinski definition) is 2. The van der Waals surface area contributed by atoms with Gasteiger partial charge in [0.05, 0.1) is 4.88 Å². The summed E-state index contributed by atoms with van der Waals surface area (Å²) in [4.78, 5) is 13.5. The second-order valence-electron chi connectivity index (χ2n) is 6.13. The van der Waals surface area contributed by atoms with Gasteiger partial charge in [0.15, 0.2) is 6.54 Å². The van der Waals surface area contributed by atoms with Crippen molar-refractivity contribution in [2.75, 3.05) is 6.54 Å². The van der Waals surface area contributed by atoms with Crippen LogP contribution in [0.2, 0.25) is 0 Å². The van der Waals surface area contributed by atoms with Gasteiger partial charge in [0.25, 0.3) is 5.91 Å². The fraction of sp³-hybridized carbons (Fsp3) is 0.389. The number of carbonyl (C=O) groups is 1. The van der Waals surface area contributed by atoms with E-state index in [-0.39, 0.29) is 17.5 Å². The summed E-state index contributed by atoms with van der Waals surface area (Å²) < 4.78 is 0. The minimum absolute atomic E-state index is 0.0873. The van der Waals surface area contributed by atoms with Crippen LogP contribution in [0.3, 0.4) is 0 Å². The van der Waals surface area contributed by atoms with Gasteiger partial charge < -0.3 is 10.6 Å². The molecular weight excluding hydrogens is 292 g/mol. The smallest absolute Gasteiger partial charge is 0.275 e. The predicted molar refractivity (Wildman–Crippen MR) is 91.9 cm³/mol. The van der Waals surface area contributed by atoms with Crippen LogP contribution in [0.25, 0.3) is 0 Å². The van der Waals surface area contributed by atoms with Gasteiger partial charge in [0, 0.05) is 11.1 Å². The minimum atomic E-state index is -0.143. The largest absolute Gasteiger partial charge is 0.346 e. The van der Waals surface area contributed by atoms with Crippen molar-refractivity contribution in [3.05, 3.63) is 58.3 Å². The Hall–Kier alpha value is -1.65. The van der Waals surface area contributed by atoms with E-state index >= 15 is 0 Å². The summed E-state index contributed by atoms with van der Waals surface area (Å²) in [7, 11) is 0.